The number of halogens is 4. The SMILES string of the molecule is Cl.O=C1N[C@H](c2c(Cl)ccc(Cl)c2F)CCO1. The molecule has 0 aliphatic carbocycles. The number of amides is 1. The zero-order chi connectivity index (χ0) is 11.7. The largest absolute Gasteiger partial charge is 0.449 e. The van der Waals surface area contributed by atoms with Gasteiger partial charge in [-0.25, -0.2) is 9.18 Å². The lowest BCUT2D eigenvalue weighted by molar-refractivity contribution is 0.115. The summed E-state index contributed by atoms with van der Waals surface area (Å²) in [6, 6.07) is 2.39. The second kappa shape index (κ2) is 5.76. The molecule has 0 bridgehead atoms. The predicted molar refractivity (Wildman–Crippen MR) is 65.5 cm³/mol. The van der Waals surface area contributed by atoms with Crippen molar-refractivity contribution in [1.82, 2.24) is 5.32 Å². The molecule has 0 spiro atoms. The molecule has 1 atom stereocenters. The van der Waals surface area contributed by atoms with Crippen LogP contribution in [0.25, 0.3) is 0 Å². The van der Waals surface area contributed by atoms with Crippen LogP contribution in [0, 0.1) is 5.82 Å². The first-order chi connectivity index (χ1) is 7.59. The van der Waals surface area contributed by atoms with E-state index >= 15 is 0 Å². The van der Waals surface area contributed by atoms with Gasteiger partial charge < -0.3 is 10.1 Å². The summed E-state index contributed by atoms with van der Waals surface area (Å²) in [7, 11) is 0. The molecule has 0 radical (unpaired) electrons. The highest BCUT2D eigenvalue weighted by Crippen LogP contribution is 2.33. The minimum Gasteiger partial charge on any atom is -0.449 e. The molecule has 0 unspecified atom stereocenters. The zero-order valence-electron chi connectivity index (χ0n) is 8.50. The Bertz CT molecular complexity index is 442. The quantitative estimate of drug-likeness (QED) is 0.803. The van der Waals surface area contributed by atoms with Crippen LogP contribution in [0.2, 0.25) is 10.0 Å². The molecule has 1 amide bonds. The van der Waals surface area contributed by atoms with E-state index in [1.54, 1.807) is 0 Å². The van der Waals surface area contributed by atoms with E-state index in [1.165, 1.54) is 12.1 Å². The van der Waals surface area contributed by atoms with Gasteiger partial charge in [0.25, 0.3) is 0 Å². The van der Waals surface area contributed by atoms with Crippen LogP contribution in [0.4, 0.5) is 9.18 Å². The molecule has 1 saturated heterocycles. The highest BCUT2D eigenvalue weighted by Gasteiger charge is 2.26. The van der Waals surface area contributed by atoms with Crippen LogP contribution in [0.15, 0.2) is 12.1 Å². The zero-order valence-corrected chi connectivity index (χ0v) is 10.8. The highest BCUT2D eigenvalue weighted by atomic mass is 35.5. The summed E-state index contributed by atoms with van der Waals surface area (Å²) < 4.78 is 18.5. The van der Waals surface area contributed by atoms with Crippen LogP contribution < -0.4 is 5.32 Å². The van der Waals surface area contributed by atoms with Crippen molar-refractivity contribution < 1.29 is 13.9 Å². The van der Waals surface area contributed by atoms with Crippen molar-refractivity contribution in [2.75, 3.05) is 6.61 Å². The molecule has 1 aromatic rings. The van der Waals surface area contributed by atoms with E-state index in [1.807, 2.05) is 0 Å². The summed E-state index contributed by atoms with van der Waals surface area (Å²) in [5.41, 5.74) is 0.214. The lowest BCUT2D eigenvalue weighted by Crippen LogP contribution is -2.35. The van der Waals surface area contributed by atoms with Gasteiger partial charge in [-0.05, 0) is 12.1 Å². The molecule has 0 aromatic heterocycles. The van der Waals surface area contributed by atoms with E-state index in [4.69, 9.17) is 27.9 Å². The van der Waals surface area contributed by atoms with Crippen molar-refractivity contribution in [1.29, 1.82) is 0 Å². The van der Waals surface area contributed by atoms with Crippen molar-refractivity contribution >= 4 is 41.7 Å². The molecule has 7 heteroatoms. The number of alkyl carbamates (subject to hydrolysis) is 1. The number of carbonyl (C=O) groups is 1. The number of ether oxygens (including phenoxy) is 1. The Morgan fingerprint density at radius 2 is 2.00 bits per heavy atom. The fraction of sp³-hybridized carbons (Fsp3) is 0.300. The Hall–Kier alpha value is -0.710. The molecule has 94 valence electrons. The minimum atomic E-state index is -0.596. The number of cyclic esters (lactones) is 1. The maximum Gasteiger partial charge on any atom is 0.407 e. The topological polar surface area (TPSA) is 38.3 Å². The van der Waals surface area contributed by atoms with Crippen LogP contribution in [0.1, 0.15) is 18.0 Å². The summed E-state index contributed by atoms with van der Waals surface area (Å²) in [6.07, 6.45) is -0.116. The Morgan fingerprint density at radius 1 is 1.35 bits per heavy atom. The second-order valence-corrected chi connectivity index (χ2v) is 4.19. The number of benzene rings is 1. The van der Waals surface area contributed by atoms with E-state index in [2.05, 4.69) is 5.32 Å². The van der Waals surface area contributed by atoms with Gasteiger partial charge in [0.1, 0.15) is 5.82 Å². The van der Waals surface area contributed by atoms with Gasteiger partial charge in [-0.15, -0.1) is 12.4 Å². The number of hydrogen-bond acceptors (Lipinski definition) is 2. The summed E-state index contributed by atoms with van der Waals surface area (Å²) in [4.78, 5) is 11.0. The van der Waals surface area contributed by atoms with E-state index in [0.717, 1.165) is 0 Å². The number of carbonyl (C=O) groups excluding carboxylic acids is 1. The third-order valence-corrected chi connectivity index (χ3v) is 2.98. The Morgan fingerprint density at radius 3 is 2.65 bits per heavy atom. The Kier molecular flexibility index (Phi) is 4.86. The van der Waals surface area contributed by atoms with Gasteiger partial charge in [0, 0.05) is 17.0 Å². The van der Waals surface area contributed by atoms with Crippen LogP contribution in [-0.2, 0) is 4.74 Å². The van der Waals surface area contributed by atoms with Gasteiger partial charge in [-0.2, -0.15) is 0 Å². The summed E-state index contributed by atoms with van der Waals surface area (Å²) in [6.45, 7) is 0.235. The van der Waals surface area contributed by atoms with E-state index < -0.39 is 18.0 Å². The lowest BCUT2D eigenvalue weighted by Gasteiger charge is -2.24. The molecular formula is C10H9Cl3FNO2. The number of nitrogens with one attached hydrogen (secondary N) is 1. The van der Waals surface area contributed by atoms with Gasteiger partial charge in [-0.1, -0.05) is 23.2 Å². The van der Waals surface area contributed by atoms with Crippen LogP contribution in [-0.4, -0.2) is 12.7 Å². The number of rotatable bonds is 1. The van der Waals surface area contributed by atoms with Gasteiger partial charge in [0.2, 0.25) is 0 Å². The molecule has 1 aliphatic heterocycles. The summed E-state index contributed by atoms with van der Waals surface area (Å²) in [5.74, 6) is -0.596. The van der Waals surface area contributed by atoms with E-state index in [0.29, 0.717) is 6.42 Å². The average Bonchev–Trinajstić information content (AvgIpc) is 2.24. The predicted octanol–water partition coefficient (Wildman–Crippen LogP) is 3.73. The van der Waals surface area contributed by atoms with Crippen LogP contribution in [0.3, 0.4) is 0 Å². The van der Waals surface area contributed by atoms with Crippen molar-refractivity contribution in [3.8, 4) is 0 Å². The average molecular weight is 301 g/mol. The second-order valence-electron chi connectivity index (χ2n) is 3.38. The van der Waals surface area contributed by atoms with Gasteiger partial charge in [-0.3, -0.25) is 0 Å². The van der Waals surface area contributed by atoms with Gasteiger partial charge in [0.05, 0.1) is 17.7 Å². The first-order valence-electron chi connectivity index (χ1n) is 4.66. The van der Waals surface area contributed by atoms with Crippen molar-refractivity contribution in [2.45, 2.75) is 12.5 Å². The number of hydrogen-bond donors (Lipinski definition) is 1. The fourth-order valence-electron chi connectivity index (χ4n) is 1.60. The standard InChI is InChI=1S/C10H8Cl2FNO2.ClH/c11-5-1-2-6(12)9(13)8(5)7-3-4-16-10(15)14-7;/h1-2,7H,3-4H2,(H,14,15);1H/t7-;/m0./s1. The molecule has 1 aliphatic rings. The van der Waals surface area contributed by atoms with Crippen LogP contribution in [0.5, 0.6) is 0 Å². The Balaban J connectivity index is 0.00000144. The highest BCUT2D eigenvalue weighted by molar-refractivity contribution is 6.33. The molecule has 1 N–H and O–H groups in total. The van der Waals surface area contributed by atoms with Crippen LogP contribution >= 0.6 is 35.6 Å². The fourth-order valence-corrected chi connectivity index (χ4v) is 2.05. The van der Waals surface area contributed by atoms with Gasteiger partial charge >= 0.3 is 6.09 Å². The normalized spacial score (nSPS) is 19.0. The maximum atomic E-state index is 13.8. The lowest BCUT2D eigenvalue weighted by atomic mass is 10.0. The molecular weight excluding hydrogens is 291 g/mol. The molecule has 2 rings (SSSR count). The van der Waals surface area contributed by atoms with E-state index in [9.17, 15) is 9.18 Å². The Labute approximate surface area is 114 Å². The van der Waals surface area contributed by atoms with Gasteiger partial charge in [0.15, 0.2) is 0 Å². The van der Waals surface area contributed by atoms with Crippen molar-refractivity contribution in [2.24, 2.45) is 0 Å². The smallest absolute Gasteiger partial charge is 0.407 e. The molecule has 3 nitrogen and oxygen atoms in total. The van der Waals surface area contributed by atoms with Crippen molar-refractivity contribution in [3.05, 3.63) is 33.6 Å². The summed E-state index contributed by atoms with van der Waals surface area (Å²) >= 11 is 11.6. The molecule has 1 heterocycles. The molecule has 1 fully saturated rings. The monoisotopic (exact) mass is 299 g/mol. The molecule has 0 saturated carbocycles. The third-order valence-electron chi connectivity index (χ3n) is 2.36. The van der Waals surface area contributed by atoms with E-state index in [-0.39, 0.29) is 34.6 Å². The molecule has 17 heavy (non-hydrogen) atoms. The summed E-state index contributed by atoms with van der Waals surface area (Å²) in [5, 5.41) is 2.73. The minimum absolute atomic E-state index is 0. The first-order valence-corrected chi connectivity index (χ1v) is 5.42. The third kappa shape index (κ3) is 2.94. The first kappa shape index (κ1) is 14.4. The maximum absolute atomic E-state index is 13.8. The molecule has 1 aromatic carbocycles. The van der Waals surface area contributed by atoms with Crippen molar-refractivity contribution in [3.63, 3.8) is 0 Å².